The molecule has 2 rings (SSSR count). The molecule has 0 fully saturated rings. The van der Waals surface area contributed by atoms with Crippen LogP contribution in [-0.4, -0.2) is 8.42 Å². The van der Waals surface area contributed by atoms with Crippen LogP contribution >= 0.6 is 0 Å². The summed E-state index contributed by atoms with van der Waals surface area (Å²) in [6, 6.07) is 11.0. The lowest BCUT2D eigenvalue weighted by Crippen LogP contribution is -2.24. The van der Waals surface area contributed by atoms with Crippen molar-refractivity contribution in [3.63, 3.8) is 0 Å². The molecular formula is C15H17FN2O2S. The van der Waals surface area contributed by atoms with Crippen LogP contribution in [-0.2, 0) is 23.0 Å². The number of nitrogens with one attached hydrogen (secondary N) is 1. The Morgan fingerprint density at radius 1 is 1.14 bits per heavy atom. The van der Waals surface area contributed by atoms with Crippen molar-refractivity contribution in [2.75, 3.05) is 5.73 Å². The Morgan fingerprint density at radius 3 is 2.43 bits per heavy atom. The van der Waals surface area contributed by atoms with Gasteiger partial charge in [-0.15, -0.1) is 0 Å². The van der Waals surface area contributed by atoms with Crippen molar-refractivity contribution in [3.05, 3.63) is 59.4 Å². The van der Waals surface area contributed by atoms with Gasteiger partial charge in [-0.05, 0) is 35.7 Å². The van der Waals surface area contributed by atoms with Gasteiger partial charge in [-0.2, -0.15) is 0 Å². The molecule has 0 unspecified atom stereocenters. The van der Waals surface area contributed by atoms with Crippen molar-refractivity contribution in [2.45, 2.75) is 24.8 Å². The van der Waals surface area contributed by atoms with Gasteiger partial charge in [0.15, 0.2) is 0 Å². The van der Waals surface area contributed by atoms with E-state index in [0.29, 0.717) is 0 Å². The average Bonchev–Trinajstić information content (AvgIpc) is 2.48. The van der Waals surface area contributed by atoms with Crippen LogP contribution in [0.2, 0.25) is 0 Å². The summed E-state index contributed by atoms with van der Waals surface area (Å²) in [4.78, 5) is -0.0459. The molecule has 0 aliphatic rings. The summed E-state index contributed by atoms with van der Waals surface area (Å²) >= 11 is 0. The molecule has 0 radical (unpaired) electrons. The molecular weight excluding hydrogens is 291 g/mol. The monoisotopic (exact) mass is 308 g/mol. The van der Waals surface area contributed by atoms with Crippen LogP contribution in [0, 0.1) is 5.82 Å². The van der Waals surface area contributed by atoms with Crippen LogP contribution in [0.4, 0.5) is 10.1 Å². The summed E-state index contributed by atoms with van der Waals surface area (Å²) in [5, 5.41) is 0. The molecule has 2 aromatic carbocycles. The first-order valence-corrected chi connectivity index (χ1v) is 8.04. The molecule has 4 nitrogen and oxygen atoms in total. The maximum atomic E-state index is 13.1. The van der Waals surface area contributed by atoms with E-state index in [4.69, 9.17) is 5.73 Å². The molecule has 0 aromatic heterocycles. The molecule has 21 heavy (non-hydrogen) atoms. The molecule has 0 saturated heterocycles. The molecule has 0 heterocycles. The van der Waals surface area contributed by atoms with Crippen molar-refractivity contribution in [2.24, 2.45) is 0 Å². The summed E-state index contributed by atoms with van der Waals surface area (Å²) in [6.45, 7) is 2.19. The predicted molar refractivity (Wildman–Crippen MR) is 80.7 cm³/mol. The highest BCUT2D eigenvalue weighted by Gasteiger charge is 2.15. The van der Waals surface area contributed by atoms with Gasteiger partial charge in [0, 0.05) is 6.54 Å². The molecule has 2 aromatic rings. The number of benzene rings is 2. The maximum Gasteiger partial charge on any atom is 0.240 e. The van der Waals surface area contributed by atoms with Crippen molar-refractivity contribution < 1.29 is 12.8 Å². The van der Waals surface area contributed by atoms with Crippen LogP contribution in [0.5, 0.6) is 0 Å². The average molecular weight is 308 g/mol. The topological polar surface area (TPSA) is 72.2 Å². The first-order chi connectivity index (χ1) is 9.94. The first kappa shape index (κ1) is 15.5. The minimum Gasteiger partial charge on any atom is -0.396 e. The Bertz CT molecular complexity index is 745. The van der Waals surface area contributed by atoms with Gasteiger partial charge in [0.05, 0.1) is 10.6 Å². The summed E-state index contributed by atoms with van der Waals surface area (Å²) in [7, 11) is -3.72. The van der Waals surface area contributed by atoms with E-state index < -0.39 is 15.8 Å². The zero-order valence-electron chi connectivity index (χ0n) is 11.6. The van der Waals surface area contributed by atoms with Gasteiger partial charge >= 0.3 is 0 Å². The van der Waals surface area contributed by atoms with Gasteiger partial charge in [0.2, 0.25) is 10.0 Å². The number of sulfonamides is 1. The fourth-order valence-electron chi connectivity index (χ4n) is 2.02. The molecule has 0 spiro atoms. The molecule has 0 aliphatic heterocycles. The molecule has 6 heteroatoms. The number of halogens is 1. The zero-order valence-corrected chi connectivity index (χ0v) is 12.5. The Hall–Kier alpha value is -1.92. The SMILES string of the molecule is CCc1ccccc1CNS(=O)(=O)c1ccc(F)c(N)c1. The zero-order chi connectivity index (χ0) is 15.5. The number of aryl methyl sites for hydroxylation is 1. The second-order valence-electron chi connectivity index (χ2n) is 4.63. The number of anilines is 1. The Kier molecular flexibility index (Phi) is 4.59. The second-order valence-corrected chi connectivity index (χ2v) is 6.40. The van der Waals surface area contributed by atoms with Crippen LogP contribution in [0.3, 0.4) is 0 Å². The molecule has 0 bridgehead atoms. The summed E-state index contributed by atoms with van der Waals surface area (Å²) in [5.41, 5.74) is 7.21. The van der Waals surface area contributed by atoms with E-state index in [1.165, 1.54) is 6.07 Å². The molecule has 112 valence electrons. The van der Waals surface area contributed by atoms with E-state index in [1.807, 2.05) is 31.2 Å². The van der Waals surface area contributed by atoms with Crippen molar-refractivity contribution in [1.82, 2.24) is 4.72 Å². The standard InChI is InChI=1S/C15H17FN2O2S/c1-2-11-5-3-4-6-12(11)10-18-21(19,20)13-7-8-14(16)15(17)9-13/h3-9,18H,2,10,17H2,1H3. The van der Waals surface area contributed by atoms with E-state index in [-0.39, 0.29) is 17.1 Å². The highest BCUT2D eigenvalue weighted by atomic mass is 32.2. The third kappa shape index (κ3) is 3.59. The van der Waals surface area contributed by atoms with Crippen molar-refractivity contribution in [1.29, 1.82) is 0 Å². The highest BCUT2D eigenvalue weighted by Crippen LogP contribution is 2.17. The lowest BCUT2D eigenvalue weighted by atomic mass is 10.1. The third-order valence-electron chi connectivity index (χ3n) is 3.23. The highest BCUT2D eigenvalue weighted by molar-refractivity contribution is 7.89. The Morgan fingerprint density at radius 2 is 1.81 bits per heavy atom. The number of hydrogen-bond donors (Lipinski definition) is 2. The van der Waals surface area contributed by atoms with Crippen LogP contribution in [0.1, 0.15) is 18.1 Å². The fourth-order valence-corrected chi connectivity index (χ4v) is 3.06. The number of nitrogens with two attached hydrogens (primary N) is 1. The fraction of sp³-hybridized carbons (Fsp3) is 0.200. The number of rotatable bonds is 5. The lowest BCUT2D eigenvalue weighted by molar-refractivity contribution is 0.580. The van der Waals surface area contributed by atoms with Gasteiger partial charge in [-0.25, -0.2) is 17.5 Å². The maximum absolute atomic E-state index is 13.1. The minimum absolute atomic E-state index is 0.0459. The van der Waals surface area contributed by atoms with Gasteiger partial charge < -0.3 is 5.73 Å². The minimum atomic E-state index is -3.72. The van der Waals surface area contributed by atoms with E-state index in [0.717, 1.165) is 29.7 Å². The van der Waals surface area contributed by atoms with Crippen LogP contribution in [0.15, 0.2) is 47.4 Å². The summed E-state index contributed by atoms with van der Waals surface area (Å²) in [5.74, 6) is -0.634. The smallest absolute Gasteiger partial charge is 0.240 e. The number of hydrogen-bond acceptors (Lipinski definition) is 3. The van der Waals surface area contributed by atoms with Gasteiger partial charge in [0.25, 0.3) is 0 Å². The predicted octanol–water partition coefficient (Wildman–Crippen LogP) is 2.45. The second kappa shape index (κ2) is 6.24. The Labute approximate surface area is 123 Å². The molecule has 0 saturated carbocycles. The molecule has 0 amide bonds. The normalized spacial score (nSPS) is 11.5. The first-order valence-electron chi connectivity index (χ1n) is 6.55. The third-order valence-corrected chi connectivity index (χ3v) is 4.63. The quantitative estimate of drug-likeness (QED) is 0.833. The van der Waals surface area contributed by atoms with Gasteiger partial charge in [-0.3, -0.25) is 0 Å². The Balaban J connectivity index is 2.20. The lowest BCUT2D eigenvalue weighted by Gasteiger charge is -2.10. The summed E-state index contributed by atoms with van der Waals surface area (Å²) < 4.78 is 40.0. The van der Waals surface area contributed by atoms with Gasteiger partial charge in [0.1, 0.15) is 5.82 Å². The summed E-state index contributed by atoms with van der Waals surface area (Å²) in [6.07, 6.45) is 0.821. The van der Waals surface area contributed by atoms with E-state index in [9.17, 15) is 12.8 Å². The molecule has 0 atom stereocenters. The van der Waals surface area contributed by atoms with E-state index in [1.54, 1.807) is 0 Å². The van der Waals surface area contributed by atoms with Crippen molar-refractivity contribution in [3.8, 4) is 0 Å². The molecule has 0 aliphatic carbocycles. The van der Waals surface area contributed by atoms with Crippen LogP contribution < -0.4 is 10.5 Å². The van der Waals surface area contributed by atoms with Crippen molar-refractivity contribution >= 4 is 15.7 Å². The van der Waals surface area contributed by atoms with Crippen LogP contribution in [0.25, 0.3) is 0 Å². The molecule has 3 N–H and O–H groups in total. The largest absolute Gasteiger partial charge is 0.396 e. The van der Waals surface area contributed by atoms with E-state index >= 15 is 0 Å². The van der Waals surface area contributed by atoms with E-state index in [2.05, 4.69) is 4.72 Å². The number of nitrogen functional groups attached to an aromatic ring is 1. The van der Waals surface area contributed by atoms with Gasteiger partial charge in [-0.1, -0.05) is 31.2 Å².